The highest BCUT2D eigenvalue weighted by Crippen LogP contribution is 2.27. The van der Waals surface area contributed by atoms with Crippen molar-refractivity contribution in [3.63, 3.8) is 0 Å². The minimum Gasteiger partial charge on any atom is -0.350 e. The van der Waals surface area contributed by atoms with Gasteiger partial charge in [-0.2, -0.15) is 0 Å². The summed E-state index contributed by atoms with van der Waals surface area (Å²) in [5.41, 5.74) is 6.35. The van der Waals surface area contributed by atoms with Crippen LogP contribution in [0.15, 0.2) is 85.1 Å². The Labute approximate surface area is 209 Å². The number of aryl methyl sites for hydroxylation is 1. The van der Waals surface area contributed by atoms with E-state index < -0.39 is 0 Å². The van der Waals surface area contributed by atoms with Crippen LogP contribution in [0.1, 0.15) is 43.2 Å². The number of carbonyl (C=O) groups excluding carboxylic acids is 1. The first-order valence-electron chi connectivity index (χ1n) is 13.1. The molecule has 3 heteroatoms. The van der Waals surface area contributed by atoms with E-state index in [2.05, 4.69) is 95.5 Å². The molecule has 1 saturated carbocycles. The molecule has 5 rings (SSSR count). The molecule has 0 aliphatic heterocycles. The molecule has 180 valence electrons. The summed E-state index contributed by atoms with van der Waals surface area (Å²) in [6.07, 6.45) is 9.77. The van der Waals surface area contributed by atoms with Crippen LogP contribution in [0.4, 0.5) is 0 Å². The second-order valence-corrected chi connectivity index (χ2v) is 10.0. The number of para-hydroxylation sites is 1. The summed E-state index contributed by atoms with van der Waals surface area (Å²) < 4.78 is 2.20. The van der Waals surface area contributed by atoms with E-state index in [1.165, 1.54) is 52.4 Å². The monoisotopic (exact) mass is 464 g/mol. The highest BCUT2D eigenvalue weighted by atomic mass is 16.2. The van der Waals surface area contributed by atoms with Crippen molar-refractivity contribution >= 4 is 16.8 Å². The molecule has 3 nitrogen and oxygen atoms in total. The SMILES string of the molecule is Cn1cc(CCN(CCc2ccc(-c3ccccc3)cc2)C(=O)C2CCCCC2)c2ccccc21. The molecule has 0 bridgehead atoms. The van der Waals surface area contributed by atoms with Gasteiger partial charge in [0.25, 0.3) is 0 Å². The third kappa shape index (κ3) is 5.51. The van der Waals surface area contributed by atoms with Gasteiger partial charge in [0.05, 0.1) is 0 Å². The molecule has 35 heavy (non-hydrogen) atoms. The number of benzene rings is 3. The van der Waals surface area contributed by atoms with Gasteiger partial charge in [-0.3, -0.25) is 4.79 Å². The van der Waals surface area contributed by atoms with Crippen molar-refractivity contribution in [3.05, 3.63) is 96.2 Å². The van der Waals surface area contributed by atoms with E-state index in [1.54, 1.807) is 0 Å². The third-order valence-corrected chi connectivity index (χ3v) is 7.63. The lowest BCUT2D eigenvalue weighted by Crippen LogP contribution is -2.39. The fraction of sp³-hybridized carbons (Fsp3) is 0.344. The molecule has 0 radical (unpaired) electrons. The first-order valence-corrected chi connectivity index (χ1v) is 13.1. The molecule has 0 N–H and O–H groups in total. The quantitative estimate of drug-likeness (QED) is 0.274. The molecular formula is C32H36N2O. The van der Waals surface area contributed by atoms with E-state index in [4.69, 9.17) is 0 Å². The molecule has 1 aliphatic carbocycles. The Balaban J connectivity index is 1.29. The van der Waals surface area contributed by atoms with Gasteiger partial charge in [-0.15, -0.1) is 0 Å². The maximum absolute atomic E-state index is 13.6. The number of fused-ring (bicyclic) bond motifs is 1. The maximum Gasteiger partial charge on any atom is 0.225 e. The van der Waals surface area contributed by atoms with Gasteiger partial charge in [0.1, 0.15) is 0 Å². The van der Waals surface area contributed by atoms with Crippen LogP contribution in [-0.4, -0.2) is 28.5 Å². The fourth-order valence-electron chi connectivity index (χ4n) is 5.58. The topological polar surface area (TPSA) is 25.2 Å². The summed E-state index contributed by atoms with van der Waals surface area (Å²) >= 11 is 0. The predicted octanol–water partition coefficient (Wildman–Crippen LogP) is 7.04. The Morgan fingerprint density at radius 1 is 0.800 bits per heavy atom. The van der Waals surface area contributed by atoms with Crippen LogP contribution >= 0.6 is 0 Å². The number of carbonyl (C=O) groups is 1. The van der Waals surface area contributed by atoms with Crippen LogP contribution in [0.5, 0.6) is 0 Å². The molecule has 4 aromatic rings. The van der Waals surface area contributed by atoms with Gasteiger partial charge in [0.15, 0.2) is 0 Å². The zero-order valence-corrected chi connectivity index (χ0v) is 20.8. The highest BCUT2D eigenvalue weighted by molar-refractivity contribution is 5.84. The Hall–Kier alpha value is -3.33. The number of hydrogen-bond donors (Lipinski definition) is 0. The lowest BCUT2D eigenvalue weighted by Gasteiger charge is -2.29. The Kier molecular flexibility index (Phi) is 7.32. The molecule has 0 saturated heterocycles. The Morgan fingerprint density at radius 3 is 2.23 bits per heavy atom. The second kappa shape index (κ2) is 10.9. The van der Waals surface area contributed by atoms with Crippen molar-refractivity contribution in [3.8, 4) is 11.1 Å². The van der Waals surface area contributed by atoms with Gasteiger partial charge in [0, 0.05) is 43.2 Å². The predicted molar refractivity (Wildman–Crippen MR) is 145 cm³/mol. The van der Waals surface area contributed by atoms with E-state index in [0.29, 0.717) is 5.91 Å². The zero-order valence-electron chi connectivity index (χ0n) is 20.8. The van der Waals surface area contributed by atoms with Gasteiger partial charge in [-0.25, -0.2) is 0 Å². The minimum atomic E-state index is 0.205. The number of aromatic nitrogens is 1. The summed E-state index contributed by atoms with van der Waals surface area (Å²) in [6, 6.07) is 27.9. The molecule has 1 aromatic heterocycles. The van der Waals surface area contributed by atoms with Gasteiger partial charge in [-0.1, -0.05) is 92.1 Å². The zero-order chi connectivity index (χ0) is 24.0. The molecule has 3 aromatic carbocycles. The lowest BCUT2D eigenvalue weighted by atomic mass is 9.88. The first kappa shape index (κ1) is 23.4. The maximum atomic E-state index is 13.6. The molecule has 1 amide bonds. The molecular weight excluding hydrogens is 428 g/mol. The molecule has 0 atom stereocenters. The summed E-state index contributed by atoms with van der Waals surface area (Å²) in [4.78, 5) is 15.7. The van der Waals surface area contributed by atoms with Crippen LogP contribution in [0, 0.1) is 5.92 Å². The summed E-state index contributed by atoms with van der Waals surface area (Å²) in [6.45, 7) is 1.57. The van der Waals surface area contributed by atoms with Crippen molar-refractivity contribution in [2.45, 2.75) is 44.9 Å². The van der Waals surface area contributed by atoms with Crippen molar-refractivity contribution in [1.29, 1.82) is 0 Å². The Morgan fingerprint density at radius 2 is 1.46 bits per heavy atom. The van der Waals surface area contributed by atoms with Crippen LogP contribution in [0.2, 0.25) is 0 Å². The standard InChI is InChI=1S/C32H36N2O/c1-33-24-29(30-14-8-9-15-31(30)33)21-23-34(32(35)28-12-6-3-7-13-28)22-20-25-16-18-27(19-17-25)26-10-4-2-5-11-26/h2,4-5,8-11,14-19,24,28H,3,6-7,12-13,20-23H2,1H3. The van der Waals surface area contributed by atoms with Crippen molar-refractivity contribution < 1.29 is 4.79 Å². The summed E-state index contributed by atoms with van der Waals surface area (Å²) in [7, 11) is 2.11. The van der Waals surface area contributed by atoms with Crippen molar-refractivity contribution in [2.24, 2.45) is 13.0 Å². The normalized spacial score (nSPS) is 14.3. The average molecular weight is 465 g/mol. The van der Waals surface area contributed by atoms with Gasteiger partial charge >= 0.3 is 0 Å². The van der Waals surface area contributed by atoms with E-state index in [-0.39, 0.29) is 5.92 Å². The van der Waals surface area contributed by atoms with E-state index in [0.717, 1.165) is 38.8 Å². The first-order chi connectivity index (χ1) is 17.2. The van der Waals surface area contributed by atoms with Gasteiger partial charge in [0.2, 0.25) is 5.91 Å². The molecule has 1 fully saturated rings. The molecule has 1 heterocycles. The van der Waals surface area contributed by atoms with Crippen LogP contribution in [0.3, 0.4) is 0 Å². The van der Waals surface area contributed by atoms with Crippen LogP contribution in [-0.2, 0) is 24.7 Å². The largest absolute Gasteiger partial charge is 0.350 e. The van der Waals surface area contributed by atoms with Gasteiger partial charge < -0.3 is 9.47 Å². The third-order valence-electron chi connectivity index (χ3n) is 7.63. The molecule has 0 spiro atoms. The van der Waals surface area contributed by atoms with E-state index >= 15 is 0 Å². The van der Waals surface area contributed by atoms with Crippen LogP contribution in [0.25, 0.3) is 22.0 Å². The Bertz CT molecular complexity index is 1250. The number of amides is 1. The highest BCUT2D eigenvalue weighted by Gasteiger charge is 2.26. The van der Waals surface area contributed by atoms with Gasteiger partial charge in [-0.05, 0) is 54.0 Å². The second-order valence-electron chi connectivity index (χ2n) is 10.0. The molecule has 0 unspecified atom stereocenters. The number of rotatable bonds is 8. The van der Waals surface area contributed by atoms with E-state index in [1.807, 2.05) is 6.07 Å². The molecule has 1 aliphatic rings. The summed E-state index contributed by atoms with van der Waals surface area (Å²) in [5.74, 6) is 0.572. The summed E-state index contributed by atoms with van der Waals surface area (Å²) in [5, 5.41) is 1.30. The smallest absolute Gasteiger partial charge is 0.225 e. The number of nitrogens with zero attached hydrogens (tertiary/aromatic N) is 2. The lowest BCUT2D eigenvalue weighted by molar-refractivity contribution is -0.136. The number of hydrogen-bond acceptors (Lipinski definition) is 1. The van der Waals surface area contributed by atoms with Crippen molar-refractivity contribution in [1.82, 2.24) is 9.47 Å². The fourth-order valence-corrected chi connectivity index (χ4v) is 5.58. The average Bonchev–Trinajstić information content (AvgIpc) is 3.25. The van der Waals surface area contributed by atoms with Crippen molar-refractivity contribution in [2.75, 3.05) is 13.1 Å². The minimum absolute atomic E-state index is 0.205. The van der Waals surface area contributed by atoms with E-state index in [9.17, 15) is 4.79 Å². The van der Waals surface area contributed by atoms with Crippen LogP contribution < -0.4 is 0 Å².